The third-order valence-electron chi connectivity index (χ3n) is 5.41. The predicted octanol–water partition coefficient (Wildman–Crippen LogP) is 4.88. The van der Waals surface area contributed by atoms with Gasteiger partial charge in [-0.15, -0.1) is 0 Å². The first-order valence-electron chi connectivity index (χ1n) is 10.9. The second-order valence-corrected chi connectivity index (χ2v) is 9.62. The number of carbonyl (C=O) groups is 1. The van der Waals surface area contributed by atoms with Crippen LogP contribution in [0.25, 0.3) is 11.1 Å². The van der Waals surface area contributed by atoms with Gasteiger partial charge in [-0.2, -0.15) is 0 Å². The fraction of sp³-hybridized carbons (Fsp3) is 0.111. The largest absolute Gasteiger partial charge is 0.384 e. The van der Waals surface area contributed by atoms with Crippen molar-refractivity contribution in [3.8, 4) is 11.1 Å². The smallest absolute Gasteiger partial charge is 0.262 e. The van der Waals surface area contributed by atoms with E-state index in [1.165, 1.54) is 0 Å². The van der Waals surface area contributed by atoms with E-state index in [4.69, 9.17) is 5.73 Å². The van der Waals surface area contributed by atoms with Crippen molar-refractivity contribution < 1.29 is 13.2 Å². The van der Waals surface area contributed by atoms with E-state index in [2.05, 4.69) is 9.71 Å². The zero-order valence-corrected chi connectivity index (χ0v) is 19.3. The van der Waals surface area contributed by atoms with Gasteiger partial charge in [-0.3, -0.25) is 9.52 Å². The van der Waals surface area contributed by atoms with Gasteiger partial charge in [0.15, 0.2) is 0 Å². The Morgan fingerprint density at radius 2 is 1.50 bits per heavy atom. The maximum atomic E-state index is 13.1. The fourth-order valence-electron chi connectivity index (χ4n) is 3.64. The minimum Gasteiger partial charge on any atom is -0.384 e. The van der Waals surface area contributed by atoms with Gasteiger partial charge in [0, 0.05) is 30.3 Å². The van der Waals surface area contributed by atoms with Gasteiger partial charge in [0.2, 0.25) is 0 Å². The minimum atomic E-state index is -3.80. The first-order chi connectivity index (χ1) is 16.4. The normalized spacial score (nSPS) is 11.2. The molecule has 0 saturated heterocycles. The van der Waals surface area contributed by atoms with Crippen molar-refractivity contribution in [3.63, 3.8) is 0 Å². The van der Waals surface area contributed by atoms with Gasteiger partial charge in [-0.25, -0.2) is 13.4 Å². The molecule has 0 aliphatic rings. The van der Waals surface area contributed by atoms with E-state index in [1.807, 2.05) is 42.5 Å². The molecule has 0 amide bonds. The number of Topliss-reactive ketones (excluding diaryl/α,β-unsaturated/α-hetero) is 1. The summed E-state index contributed by atoms with van der Waals surface area (Å²) in [7, 11) is -3.80. The molecule has 172 valence electrons. The number of carbonyl (C=O) groups excluding carboxylic acids is 1. The van der Waals surface area contributed by atoms with Crippen LogP contribution in [0.2, 0.25) is 0 Å². The second-order valence-electron chi connectivity index (χ2n) is 7.97. The molecule has 34 heavy (non-hydrogen) atoms. The predicted molar refractivity (Wildman–Crippen MR) is 135 cm³/mol. The number of hydrogen-bond acceptors (Lipinski definition) is 5. The number of hydrogen-bond donors (Lipinski definition) is 2. The second kappa shape index (κ2) is 10.3. The number of benzene rings is 3. The lowest BCUT2D eigenvalue weighted by atomic mass is 10.0. The summed E-state index contributed by atoms with van der Waals surface area (Å²) in [5.74, 6) is 0.552. The van der Waals surface area contributed by atoms with Crippen LogP contribution in [-0.2, 0) is 27.7 Å². The van der Waals surface area contributed by atoms with E-state index >= 15 is 0 Å². The molecule has 4 aromatic rings. The topological polar surface area (TPSA) is 102 Å². The molecule has 0 spiro atoms. The van der Waals surface area contributed by atoms with Crippen molar-refractivity contribution in [1.82, 2.24) is 4.98 Å². The highest BCUT2D eigenvalue weighted by atomic mass is 32.2. The molecule has 0 atom stereocenters. The number of anilines is 2. The molecule has 0 saturated carbocycles. The average Bonchev–Trinajstić information content (AvgIpc) is 2.85. The quantitative estimate of drug-likeness (QED) is 0.362. The first-order valence-corrected chi connectivity index (χ1v) is 12.4. The standard InChI is InChI=1S/C27H25N3O3S/c28-27-17-13-21(19-29-27)12-16-24(31)18-20-10-14-23(15-11-20)30-34(32,33)26-9-5-4-8-25(26)22-6-2-1-3-7-22/h1-11,13-15,17,19,30H,12,16,18H2,(H2,28,29). The molecule has 0 unspecified atom stereocenters. The van der Waals surface area contributed by atoms with Crippen LogP contribution in [0.1, 0.15) is 17.5 Å². The van der Waals surface area contributed by atoms with Crippen LogP contribution in [0, 0.1) is 0 Å². The number of nitrogens with zero attached hydrogens (tertiary/aromatic N) is 1. The fourth-order valence-corrected chi connectivity index (χ4v) is 4.93. The summed E-state index contributed by atoms with van der Waals surface area (Å²) in [4.78, 5) is 16.6. The molecule has 7 heteroatoms. The minimum absolute atomic E-state index is 0.0990. The summed E-state index contributed by atoms with van der Waals surface area (Å²) in [6, 6.07) is 26.8. The maximum Gasteiger partial charge on any atom is 0.262 e. The van der Waals surface area contributed by atoms with Crippen molar-refractivity contribution in [1.29, 1.82) is 0 Å². The number of nitrogens with two attached hydrogens (primary N) is 1. The molecule has 0 aliphatic carbocycles. The van der Waals surface area contributed by atoms with Crippen LogP contribution in [0.15, 0.2) is 102 Å². The van der Waals surface area contributed by atoms with Crippen LogP contribution in [0.3, 0.4) is 0 Å². The van der Waals surface area contributed by atoms with E-state index in [1.54, 1.807) is 54.7 Å². The van der Waals surface area contributed by atoms with Gasteiger partial charge in [0.05, 0.1) is 4.90 Å². The Hall–Kier alpha value is -3.97. The molecule has 3 aromatic carbocycles. The number of pyridine rings is 1. The summed E-state index contributed by atoms with van der Waals surface area (Å²) < 4.78 is 28.9. The SMILES string of the molecule is Nc1ccc(CCC(=O)Cc2ccc(NS(=O)(=O)c3ccccc3-c3ccccc3)cc2)cn1. The van der Waals surface area contributed by atoms with E-state index in [-0.39, 0.29) is 17.1 Å². The van der Waals surface area contributed by atoms with Gasteiger partial charge in [-0.1, -0.05) is 66.7 Å². The third kappa shape index (κ3) is 5.88. The van der Waals surface area contributed by atoms with Gasteiger partial charge in [0.25, 0.3) is 10.0 Å². The lowest BCUT2D eigenvalue weighted by Gasteiger charge is -2.13. The average molecular weight is 472 g/mol. The molecule has 0 fully saturated rings. The Kier molecular flexibility index (Phi) is 7.04. The summed E-state index contributed by atoms with van der Waals surface area (Å²) in [6.07, 6.45) is 2.97. The molecule has 4 rings (SSSR count). The summed E-state index contributed by atoms with van der Waals surface area (Å²) >= 11 is 0. The van der Waals surface area contributed by atoms with E-state index in [0.29, 0.717) is 29.9 Å². The van der Waals surface area contributed by atoms with E-state index in [0.717, 1.165) is 16.7 Å². The molecular weight excluding hydrogens is 446 g/mol. The number of ketones is 1. The third-order valence-corrected chi connectivity index (χ3v) is 6.85. The molecule has 0 radical (unpaired) electrons. The summed E-state index contributed by atoms with van der Waals surface area (Å²) in [6.45, 7) is 0. The molecule has 6 nitrogen and oxygen atoms in total. The molecule has 1 aromatic heterocycles. The zero-order chi connectivity index (χ0) is 24.0. The van der Waals surface area contributed by atoms with Crippen molar-refractivity contribution in [3.05, 3.63) is 108 Å². The van der Waals surface area contributed by atoms with Crippen LogP contribution in [0.5, 0.6) is 0 Å². The molecule has 3 N–H and O–H groups in total. The van der Waals surface area contributed by atoms with Crippen molar-refractivity contribution in [2.75, 3.05) is 10.5 Å². The van der Waals surface area contributed by atoms with Crippen LogP contribution < -0.4 is 10.5 Å². The lowest BCUT2D eigenvalue weighted by molar-refractivity contribution is -0.118. The van der Waals surface area contributed by atoms with Crippen molar-refractivity contribution >= 4 is 27.3 Å². The highest BCUT2D eigenvalue weighted by Crippen LogP contribution is 2.28. The monoisotopic (exact) mass is 471 g/mol. The van der Waals surface area contributed by atoms with Crippen LogP contribution in [0.4, 0.5) is 11.5 Å². The van der Waals surface area contributed by atoms with Crippen molar-refractivity contribution in [2.45, 2.75) is 24.2 Å². The van der Waals surface area contributed by atoms with Crippen LogP contribution in [-0.4, -0.2) is 19.2 Å². The molecule has 1 heterocycles. The highest BCUT2D eigenvalue weighted by Gasteiger charge is 2.19. The van der Waals surface area contributed by atoms with E-state index in [9.17, 15) is 13.2 Å². The Morgan fingerprint density at radius 3 is 2.21 bits per heavy atom. The van der Waals surface area contributed by atoms with Gasteiger partial charge in [0.1, 0.15) is 11.6 Å². The van der Waals surface area contributed by atoms with Gasteiger partial charge < -0.3 is 5.73 Å². The number of nitrogens with one attached hydrogen (secondary N) is 1. The van der Waals surface area contributed by atoms with E-state index < -0.39 is 10.0 Å². The Morgan fingerprint density at radius 1 is 0.824 bits per heavy atom. The number of nitrogen functional groups attached to an aromatic ring is 1. The van der Waals surface area contributed by atoms with Gasteiger partial charge in [-0.05, 0) is 47.4 Å². The summed E-state index contributed by atoms with van der Waals surface area (Å²) in [5.41, 5.74) is 9.27. The Labute approximate surface area is 199 Å². The number of aromatic nitrogens is 1. The zero-order valence-electron chi connectivity index (χ0n) is 18.5. The first kappa shape index (κ1) is 23.2. The van der Waals surface area contributed by atoms with Crippen molar-refractivity contribution in [2.24, 2.45) is 0 Å². The number of sulfonamides is 1. The molecular formula is C27H25N3O3S. The molecule has 0 aliphatic heterocycles. The van der Waals surface area contributed by atoms with Crippen LogP contribution >= 0.6 is 0 Å². The Bertz CT molecular complexity index is 1370. The van der Waals surface area contributed by atoms with Gasteiger partial charge >= 0.3 is 0 Å². The Balaban J connectivity index is 1.41. The maximum absolute atomic E-state index is 13.1. The number of aryl methyl sites for hydroxylation is 1. The highest BCUT2D eigenvalue weighted by molar-refractivity contribution is 7.92. The number of rotatable bonds is 9. The summed E-state index contributed by atoms with van der Waals surface area (Å²) in [5, 5.41) is 0. The lowest BCUT2D eigenvalue weighted by Crippen LogP contribution is -2.14. The molecule has 0 bridgehead atoms.